The molecule has 1 aliphatic carbocycles. The van der Waals surface area contributed by atoms with E-state index in [1.54, 1.807) is 13.4 Å². The third-order valence-corrected chi connectivity index (χ3v) is 5.30. The Morgan fingerprint density at radius 1 is 1.00 bits per heavy atom. The summed E-state index contributed by atoms with van der Waals surface area (Å²) in [5.41, 5.74) is 8.21. The van der Waals surface area contributed by atoms with Crippen LogP contribution in [-0.2, 0) is 0 Å². The fourth-order valence-corrected chi connectivity index (χ4v) is 3.73. The summed E-state index contributed by atoms with van der Waals surface area (Å²) in [7, 11) is 1.73. The molecule has 0 atom stereocenters. The van der Waals surface area contributed by atoms with E-state index in [1.807, 2.05) is 12.1 Å². The number of halogens is 2. The highest BCUT2D eigenvalue weighted by atomic mass is 35.5. The van der Waals surface area contributed by atoms with Crippen LogP contribution in [0.4, 0.5) is 11.5 Å². The summed E-state index contributed by atoms with van der Waals surface area (Å²) in [6.07, 6.45) is 3.77. The number of nitrogens with two attached hydrogens (primary N) is 1. The highest BCUT2D eigenvalue weighted by molar-refractivity contribution is 5.85. The molecule has 6 nitrogen and oxygen atoms in total. The van der Waals surface area contributed by atoms with Crippen LogP contribution < -0.4 is 20.3 Å². The standard InChI is InChI=1S/C19H25N5O.2ClH/c1-25-18-5-3-2-4-17(18)23-6-8-24(9-7-23)19-12-16(21-13-22-19)14-10-15(20)11-14;;/h2-5,12-15H,6-11,20H2,1H3;2*1H. The molecule has 1 aliphatic heterocycles. The zero-order valence-corrected chi connectivity index (χ0v) is 17.1. The Balaban J connectivity index is 0.00000131. The van der Waals surface area contributed by atoms with Crippen molar-refractivity contribution in [2.45, 2.75) is 24.8 Å². The predicted molar refractivity (Wildman–Crippen MR) is 114 cm³/mol. The van der Waals surface area contributed by atoms with Crippen LogP contribution >= 0.6 is 24.8 Å². The minimum Gasteiger partial charge on any atom is -0.495 e. The molecule has 0 amide bonds. The second-order valence-corrected chi connectivity index (χ2v) is 6.88. The second kappa shape index (κ2) is 9.44. The highest BCUT2D eigenvalue weighted by Crippen LogP contribution is 2.35. The van der Waals surface area contributed by atoms with Crippen LogP contribution in [0.2, 0.25) is 0 Å². The molecule has 27 heavy (non-hydrogen) atoms. The predicted octanol–water partition coefficient (Wildman–Crippen LogP) is 2.86. The minimum absolute atomic E-state index is 0. The first-order valence-corrected chi connectivity index (χ1v) is 8.95. The van der Waals surface area contributed by atoms with Gasteiger partial charge in [-0.1, -0.05) is 12.1 Å². The Morgan fingerprint density at radius 3 is 2.33 bits per heavy atom. The zero-order valence-electron chi connectivity index (χ0n) is 15.5. The van der Waals surface area contributed by atoms with E-state index in [2.05, 4.69) is 38.0 Å². The fraction of sp³-hybridized carbons (Fsp3) is 0.474. The van der Waals surface area contributed by atoms with Gasteiger partial charge in [0.1, 0.15) is 17.9 Å². The van der Waals surface area contributed by atoms with E-state index >= 15 is 0 Å². The van der Waals surface area contributed by atoms with Crippen molar-refractivity contribution in [3.05, 3.63) is 42.4 Å². The molecule has 148 valence electrons. The molecule has 0 radical (unpaired) electrons. The van der Waals surface area contributed by atoms with Crippen molar-refractivity contribution in [1.82, 2.24) is 9.97 Å². The largest absolute Gasteiger partial charge is 0.495 e. The van der Waals surface area contributed by atoms with Gasteiger partial charge in [-0.15, -0.1) is 24.8 Å². The highest BCUT2D eigenvalue weighted by Gasteiger charge is 2.29. The fourth-order valence-electron chi connectivity index (χ4n) is 3.73. The lowest BCUT2D eigenvalue weighted by atomic mass is 9.78. The van der Waals surface area contributed by atoms with Gasteiger partial charge >= 0.3 is 0 Å². The van der Waals surface area contributed by atoms with Gasteiger partial charge in [0.25, 0.3) is 0 Å². The van der Waals surface area contributed by atoms with E-state index in [0.717, 1.165) is 62.0 Å². The van der Waals surface area contributed by atoms with Gasteiger partial charge < -0.3 is 20.3 Å². The van der Waals surface area contributed by atoms with E-state index in [9.17, 15) is 0 Å². The molecule has 2 heterocycles. The van der Waals surface area contributed by atoms with Crippen LogP contribution in [0, 0.1) is 0 Å². The Morgan fingerprint density at radius 2 is 1.67 bits per heavy atom. The summed E-state index contributed by atoms with van der Waals surface area (Å²) in [4.78, 5) is 13.7. The van der Waals surface area contributed by atoms with Crippen LogP contribution in [0.15, 0.2) is 36.7 Å². The average molecular weight is 412 g/mol. The maximum absolute atomic E-state index is 5.91. The number of anilines is 2. The van der Waals surface area contributed by atoms with Gasteiger partial charge in [0.2, 0.25) is 0 Å². The summed E-state index contributed by atoms with van der Waals surface area (Å²) in [6.45, 7) is 3.79. The number of benzene rings is 1. The number of nitrogens with zero attached hydrogens (tertiary/aromatic N) is 4. The van der Waals surface area contributed by atoms with E-state index in [4.69, 9.17) is 10.5 Å². The first kappa shape index (κ1) is 21.5. The van der Waals surface area contributed by atoms with E-state index < -0.39 is 0 Å². The van der Waals surface area contributed by atoms with Gasteiger partial charge in [0.05, 0.1) is 12.8 Å². The van der Waals surface area contributed by atoms with Crippen molar-refractivity contribution in [3.63, 3.8) is 0 Å². The van der Waals surface area contributed by atoms with E-state index in [1.165, 1.54) is 0 Å². The molecular weight excluding hydrogens is 385 g/mol. The second-order valence-electron chi connectivity index (χ2n) is 6.88. The number of hydrogen-bond donors (Lipinski definition) is 1. The lowest BCUT2D eigenvalue weighted by Gasteiger charge is -2.37. The van der Waals surface area contributed by atoms with Crippen LogP contribution in [0.25, 0.3) is 0 Å². The van der Waals surface area contributed by atoms with Gasteiger partial charge in [0, 0.05) is 49.9 Å². The maximum Gasteiger partial charge on any atom is 0.142 e. The van der Waals surface area contributed by atoms with Gasteiger partial charge in [-0.25, -0.2) is 9.97 Å². The summed E-state index contributed by atoms with van der Waals surface area (Å²) < 4.78 is 5.49. The molecule has 8 heteroatoms. The monoisotopic (exact) mass is 411 g/mol. The molecule has 4 rings (SSSR count). The Kier molecular flexibility index (Phi) is 7.53. The molecule has 0 spiro atoms. The van der Waals surface area contributed by atoms with Crippen LogP contribution in [-0.4, -0.2) is 49.3 Å². The van der Waals surface area contributed by atoms with Gasteiger partial charge in [-0.3, -0.25) is 0 Å². The molecule has 1 saturated heterocycles. The summed E-state index contributed by atoms with van der Waals surface area (Å²) in [5, 5.41) is 0. The third kappa shape index (κ3) is 4.57. The van der Waals surface area contributed by atoms with Crippen molar-refractivity contribution < 1.29 is 4.74 Å². The number of aromatic nitrogens is 2. The number of piperazine rings is 1. The van der Waals surface area contributed by atoms with Crippen molar-refractivity contribution >= 4 is 36.3 Å². The SMILES string of the molecule is COc1ccccc1N1CCN(c2cc(C3CC(N)C3)ncn2)CC1.Cl.Cl. The number of rotatable bonds is 4. The number of para-hydroxylation sites is 2. The zero-order chi connectivity index (χ0) is 17.2. The Labute approximate surface area is 172 Å². The molecule has 2 fully saturated rings. The normalized spacial score (nSPS) is 21.6. The first-order valence-electron chi connectivity index (χ1n) is 8.95. The Bertz CT molecular complexity index is 734. The summed E-state index contributed by atoms with van der Waals surface area (Å²) in [5.74, 6) is 2.47. The smallest absolute Gasteiger partial charge is 0.142 e. The van der Waals surface area contributed by atoms with Crippen molar-refractivity contribution in [2.24, 2.45) is 5.73 Å². The molecule has 1 aromatic heterocycles. The molecule has 1 aromatic carbocycles. The molecule has 2 aliphatic rings. The molecule has 0 bridgehead atoms. The molecule has 1 saturated carbocycles. The topological polar surface area (TPSA) is 67.5 Å². The molecule has 2 N–H and O–H groups in total. The maximum atomic E-state index is 5.91. The summed E-state index contributed by atoms with van der Waals surface area (Å²) >= 11 is 0. The summed E-state index contributed by atoms with van der Waals surface area (Å²) in [6, 6.07) is 10.7. The van der Waals surface area contributed by atoms with Crippen LogP contribution in [0.1, 0.15) is 24.5 Å². The van der Waals surface area contributed by atoms with Crippen LogP contribution in [0.5, 0.6) is 5.75 Å². The van der Waals surface area contributed by atoms with Gasteiger partial charge in [-0.05, 0) is 25.0 Å². The van der Waals surface area contributed by atoms with Gasteiger partial charge in [-0.2, -0.15) is 0 Å². The molecule has 0 unspecified atom stereocenters. The van der Waals surface area contributed by atoms with E-state index in [0.29, 0.717) is 12.0 Å². The third-order valence-electron chi connectivity index (χ3n) is 5.30. The quantitative estimate of drug-likeness (QED) is 0.833. The minimum atomic E-state index is 0. The number of ether oxygens (including phenoxy) is 1. The Hall–Kier alpha value is -1.76. The lowest BCUT2D eigenvalue weighted by molar-refractivity contribution is 0.345. The molecular formula is C19H27Cl2N5O. The van der Waals surface area contributed by atoms with Gasteiger partial charge in [0.15, 0.2) is 0 Å². The van der Waals surface area contributed by atoms with Crippen molar-refractivity contribution in [1.29, 1.82) is 0 Å². The number of hydrogen-bond acceptors (Lipinski definition) is 6. The first-order chi connectivity index (χ1) is 12.2. The van der Waals surface area contributed by atoms with Crippen LogP contribution in [0.3, 0.4) is 0 Å². The van der Waals surface area contributed by atoms with Crippen molar-refractivity contribution in [3.8, 4) is 5.75 Å². The molecule has 2 aromatic rings. The average Bonchev–Trinajstić information content (AvgIpc) is 2.66. The lowest BCUT2D eigenvalue weighted by Crippen LogP contribution is -2.47. The van der Waals surface area contributed by atoms with E-state index in [-0.39, 0.29) is 24.8 Å². The van der Waals surface area contributed by atoms with Crippen molar-refractivity contribution in [2.75, 3.05) is 43.1 Å². The number of methoxy groups -OCH3 is 1.